The van der Waals surface area contributed by atoms with Crippen LogP contribution in [0.15, 0.2) is 36.4 Å². The topological polar surface area (TPSA) is 20.2 Å². The fourth-order valence-electron chi connectivity index (χ4n) is 2.27. The Labute approximate surface area is 125 Å². The SMILES string of the molecule is Cc1cccc(Pc2c(C)cccc2CP(C)C)c1O. The van der Waals surface area contributed by atoms with E-state index in [0.29, 0.717) is 14.3 Å². The van der Waals surface area contributed by atoms with Crippen LogP contribution in [0.4, 0.5) is 0 Å². The molecule has 2 aromatic carbocycles. The van der Waals surface area contributed by atoms with Crippen molar-refractivity contribution >= 4 is 27.1 Å². The zero-order valence-electron chi connectivity index (χ0n) is 12.6. The molecule has 0 heterocycles. The van der Waals surface area contributed by atoms with Crippen LogP contribution < -0.4 is 10.6 Å². The van der Waals surface area contributed by atoms with Gasteiger partial charge in [-0.25, -0.2) is 0 Å². The van der Waals surface area contributed by atoms with Gasteiger partial charge in [-0.2, -0.15) is 0 Å². The summed E-state index contributed by atoms with van der Waals surface area (Å²) >= 11 is 0. The fraction of sp³-hybridized carbons (Fsp3) is 0.294. The van der Waals surface area contributed by atoms with Gasteiger partial charge in [0.2, 0.25) is 0 Å². The molecule has 20 heavy (non-hydrogen) atoms. The summed E-state index contributed by atoms with van der Waals surface area (Å²) in [6, 6.07) is 12.6. The van der Waals surface area contributed by atoms with Gasteiger partial charge in [0, 0.05) is 5.30 Å². The minimum Gasteiger partial charge on any atom is -0.507 e. The van der Waals surface area contributed by atoms with E-state index in [-0.39, 0.29) is 7.92 Å². The predicted molar refractivity (Wildman–Crippen MR) is 94.1 cm³/mol. The third-order valence-electron chi connectivity index (χ3n) is 3.34. The number of phenolic OH excluding ortho intramolecular Hbond substituents is 1. The summed E-state index contributed by atoms with van der Waals surface area (Å²) in [6.45, 7) is 8.76. The Morgan fingerprint density at radius 3 is 2.35 bits per heavy atom. The number of aryl methyl sites for hydroxylation is 2. The van der Waals surface area contributed by atoms with E-state index >= 15 is 0 Å². The Bertz CT molecular complexity index is 606. The van der Waals surface area contributed by atoms with Gasteiger partial charge in [-0.05, 0) is 55.3 Å². The molecule has 1 N–H and O–H groups in total. The maximum atomic E-state index is 10.2. The summed E-state index contributed by atoms with van der Waals surface area (Å²) in [5, 5.41) is 12.7. The lowest BCUT2D eigenvalue weighted by Crippen LogP contribution is -2.12. The summed E-state index contributed by atoms with van der Waals surface area (Å²) in [7, 11) is 0.578. The van der Waals surface area contributed by atoms with Crippen molar-refractivity contribution in [1.29, 1.82) is 0 Å². The van der Waals surface area contributed by atoms with Crippen LogP contribution in [0.25, 0.3) is 0 Å². The number of hydrogen-bond donors (Lipinski definition) is 1. The molecule has 0 aliphatic carbocycles. The number of hydrogen-bond acceptors (Lipinski definition) is 1. The molecule has 0 radical (unpaired) electrons. The first-order valence-corrected chi connectivity index (χ1v) is 10.2. The molecule has 2 rings (SSSR count). The van der Waals surface area contributed by atoms with Crippen LogP contribution in [0.5, 0.6) is 5.75 Å². The highest BCUT2D eigenvalue weighted by molar-refractivity contribution is 7.57. The monoisotopic (exact) mass is 304 g/mol. The van der Waals surface area contributed by atoms with Crippen molar-refractivity contribution in [3.8, 4) is 5.75 Å². The van der Waals surface area contributed by atoms with Gasteiger partial charge in [0.25, 0.3) is 0 Å². The summed E-state index contributed by atoms with van der Waals surface area (Å²) in [5.41, 5.74) is 3.73. The summed E-state index contributed by atoms with van der Waals surface area (Å²) in [4.78, 5) is 0. The zero-order chi connectivity index (χ0) is 14.7. The molecule has 1 atom stereocenters. The lowest BCUT2D eigenvalue weighted by atomic mass is 10.1. The highest BCUT2D eigenvalue weighted by atomic mass is 31.1. The van der Waals surface area contributed by atoms with Gasteiger partial charge in [-0.3, -0.25) is 0 Å². The number of aromatic hydroxyl groups is 1. The van der Waals surface area contributed by atoms with Crippen LogP contribution in [0.2, 0.25) is 0 Å². The van der Waals surface area contributed by atoms with Gasteiger partial charge in [0.15, 0.2) is 0 Å². The van der Waals surface area contributed by atoms with E-state index in [1.54, 1.807) is 0 Å². The molecule has 0 amide bonds. The number of phenols is 1. The Kier molecular flexibility index (Phi) is 5.19. The molecular formula is C17H22OP2. The first-order chi connectivity index (χ1) is 9.49. The standard InChI is InChI=1S/C17H22OP2/c1-12-7-6-10-15(16(12)18)19-17-13(2)8-5-9-14(17)11-20(3)4/h5-10,18-19H,11H2,1-4H3. The zero-order valence-corrected chi connectivity index (χ0v) is 14.5. The number of rotatable bonds is 4. The quantitative estimate of drug-likeness (QED) is 0.850. The van der Waals surface area contributed by atoms with Crippen LogP contribution in [-0.4, -0.2) is 18.4 Å². The molecular weight excluding hydrogens is 282 g/mol. The van der Waals surface area contributed by atoms with Gasteiger partial charge in [-0.15, -0.1) is 7.92 Å². The Morgan fingerprint density at radius 2 is 1.65 bits per heavy atom. The lowest BCUT2D eigenvalue weighted by Gasteiger charge is -2.16. The molecule has 0 aromatic heterocycles. The molecule has 0 saturated heterocycles. The molecule has 1 nitrogen and oxygen atoms in total. The highest BCUT2D eigenvalue weighted by Crippen LogP contribution is 2.32. The second-order valence-electron chi connectivity index (χ2n) is 5.44. The highest BCUT2D eigenvalue weighted by Gasteiger charge is 2.11. The van der Waals surface area contributed by atoms with Gasteiger partial charge < -0.3 is 5.11 Å². The molecule has 0 spiro atoms. The van der Waals surface area contributed by atoms with Crippen molar-refractivity contribution in [2.75, 3.05) is 13.3 Å². The molecule has 2 aromatic rings. The smallest absolute Gasteiger partial charge is 0.126 e. The largest absolute Gasteiger partial charge is 0.507 e. The minimum absolute atomic E-state index is 0.0481. The summed E-state index contributed by atoms with van der Waals surface area (Å²) < 4.78 is 0. The van der Waals surface area contributed by atoms with Crippen molar-refractivity contribution in [2.45, 2.75) is 20.0 Å². The second-order valence-corrected chi connectivity index (χ2v) is 9.21. The van der Waals surface area contributed by atoms with Crippen LogP contribution in [0.1, 0.15) is 16.7 Å². The average molecular weight is 304 g/mol. The van der Waals surface area contributed by atoms with E-state index < -0.39 is 0 Å². The minimum atomic E-state index is 0.0481. The van der Waals surface area contributed by atoms with Crippen molar-refractivity contribution in [1.82, 2.24) is 0 Å². The van der Waals surface area contributed by atoms with E-state index in [1.807, 2.05) is 25.1 Å². The Hall–Kier alpha value is -0.900. The van der Waals surface area contributed by atoms with E-state index in [1.165, 1.54) is 16.4 Å². The second kappa shape index (κ2) is 6.70. The van der Waals surface area contributed by atoms with Crippen LogP contribution >= 0.6 is 16.5 Å². The van der Waals surface area contributed by atoms with Crippen LogP contribution in [0, 0.1) is 13.8 Å². The molecule has 0 aliphatic rings. The molecule has 0 fully saturated rings. The molecule has 0 bridgehead atoms. The molecule has 106 valence electrons. The van der Waals surface area contributed by atoms with Gasteiger partial charge in [-0.1, -0.05) is 45.0 Å². The fourth-order valence-corrected chi connectivity index (χ4v) is 4.75. The first kappa shape index (κ1) is 15.5. The number of para-hydroxylation sites is 1. The van der Waals surface area contributed by atoms with E-state index in [0.717, 1.165) is 17.0 Å². The van der Waals surface area contributed by atoms with Crippen molar-refractivity contribution in [2.24, 2.45) is 0 Å². The maximum Gasteiger partial charge on any atom is 0.126 e. The number of benzene rings is 2. The normalized spacial score (nSPS) is 11.7. The van der Waals surface area contributed by atoms with E-state index in [4.69, 9.17) is 0 Å². The van der Waals surface area contributed by atoms with Crippen LogP contribution in [-0.2, 0) is 6.16 Å². The Morgan fingerprint density at radius 1 is 1.00 bits per heavy atom. The molecule has 0 saturated carbocycles. The van der Waals surface area contributed by atoms with Crippen molar-refractivity contribution in [3.63, 3.8) is 0 Å². The molecule has 3 heteroatoms. The summed E-state index contributed by atoms with van der Waals surface area (Å²) in [6.07, 6.45) is 1.16. The molecule has 1 unspecified atom stereocenters. The van der Waals surface area contributed by atoms with Gasteiger partial charge >= 0.3 is 0 Å². The maximum absolute atomic E-state index is 10.2. The average Bonchev–Trinajstić information content (AvgIpc) is 2.38. The molecule has 0 aliphatic heterocycles. The lowest BCUT2D eigenvalue weighted by molar-refractivity contribution is 0.475. The van der Waals surface area contributed by atoms with E-state index in [9.17, 15) is 5.11 Å². The van der Waals surface area contributed by atoms with Gasteiger partial charge in [0.05, 0.1) is 0 Å². The van der Waals surface area contributed by atoms with Crippen LogP contribution in [0.3, 0.4) is 0 Å². The third-order valence-corrected chi connectivity index (χ3v) is 5.95. The van der Waals surface area contributed by atoms with E-state index in [2.05, 4.69) is 38.5 Å². The third kappa shape index (κ3) is 3.60. The van der Waals surface area contributed by atoms with Gasteiger partial charge in [0.1, 0.15) is 5.75 Å². The van der Waals surface area contributed by atoms with Crippen molar-refractivity contribution in [3.05, 3.63) is 53.1 Å². The predicted octanol–water partition coefficient (Wildman–Crippen LogP) is 3.88. The van der Waals surface area contributed by atoms with Crippen molar-refractivity contribution < 1.29 is 5.11 Å². The summed E-state index contributed by atoms with van der Waals surface area (Å²) in [5.74, 6) is 0.454. The first-order valence-electron chi connectivity index (χ1n) is 6.78. The Balaban J connectivity index is 2.40.